The maximum Gasteiger partial charge on any atom is 0.253 e. The Morgan fingerprint density at radius 2 is 1.91 bits per heavy atom. The van der Waals surface area contributed by atoms with E-state index in [0.29, 0.717) is 11.4 Å². The van der Waals surface area contributed by atoms with E-state index in [1.807, 2.05) is 30.1 Å². The fraction of sp³-hybridized carbons (Fsp3) is 0.192. The smallest absolute Gasteiger partial charge is 0.253 e. The summed E-state index contributed by atoms with van der Waals surface area (Å²) < 4.78 is 15.0. The van der Waals surface area contributed by atoms with Crippen LogP contribution >= 0.6 is 23.5 Å². The first-order valence-electron chi connectivity index (χ1n) is 11.1. The van der Waals surface area contributed by atoms with E-state index in [4.69, 9.17) is 27.3 Å². The minimum absolute atomic E-state index is 0.0394. The van der Waals surface area contributed by atoms with Gasteiger partial charge in [0.15, 0.2) is 11.6 Å². The van der Waals surface area contributed by atoms with Crippen LogP contribution in [0.4, 0.5) is 10.2 Å². The molecule has 0 saturated carbocycles. The number of aromatic hydroxyl groups is 1. The Hall–Kier alpha value is -3.36. The van der Waals surface area contributed by atoms with E-state index >= 15 is 0 Å². The Morgan fingerprint density at radius 3 is 2.57 bits per heavy atom. The lowest BCUT2D eigenvalue weighted by atomic mass is 10.1. The molecule has 0 unspecified atom stereocenters. The quantitative estimate of drug-likeness (QED) is 0.322. The average molecular weight is 511 g/mol. The van der Waals surface area contributed by atoms with Crippen LogP contribution in [0.1, 0.15) is 28.8 Å². The van der Waals surface area contributed by atoms with Crippen LogP contribution in [0.15, 0.2) is 60.7 Å². The molecule has 1 amide bonds. The number of benzene rings is 3. The lowest BCUT2D eigenvalue weighted by molar-refractivity contribution is 0.0996. The molecule has 0 spiro atoms. The van der Waals surface area contributed by atoms with Crippen molar-refractivity contribution >= 4 is 46.2 Å². The van der Waals surface area contributed by atoms with Crippen molar-refractivity contribution in [2.75, 3.05) is 16.6 Å². The van der Waals surface area contributed by atoms with Crippen LogP contribution in [-0.4, -0.2) is 33.3 Å². The van der Waals surface area contributed by atoms with Crippen LogP contribution in [0, 0.1) is 12.7 Å². The van der Waals surface area contributed by atoms with Gasteiger partial charge in [-0.05, 0) is 73.7 Å². The van der Waals surface area contributed by atoms with Crippen molar-refractivity contribution < 1.29 is 14.3 Å². The number of halogens is 2. The number of anilines is 1. The van der Waals surface area contributed by atoms with E-state index in [2.05, 4.69) is 29.4 Å². The largest absolute Gasteiger partial charge is 0.507 e. The van der Waals surface area contributed by atoms with Gasteiger partial charge in [-0.25, -0.2) is 14.4 Å². The number of primary amides is 1. The molecule has 9 heteroatoms. The van der Waals surface area contributed by atoms with Gasteiger partial charge in [-0.15, -0.1) is 0 Å². The van der Waals surface area contributed by atoms with Crippen LogP contribution in [0.25, 0.3) is 22.3 Å². The normalized spacial score (nSPS) is 13.3. The molecule has 0 aliphatic carbocycles. The van der Waals surface area contributed by atoms with Gasteiger partial charge in [0.25, 0.3) is 5.91 Å². The number of rotatable bonds is 3. The highest BCUT2D eigenvalue weighted by Gasteiger charge is 2.19. The summed E-state index contributed by atoms with van der Waals surface area (Å²) in [6.45, 7) is 3.06. The Bertz CT molecular complexity index is 1360. The lowest BCUT2D eigenvalue weighted by Crippen LogP contribution is -2.22. The number of nitrogens with two attached hydrogens (primary N) is 1. The summed E-state index contributed by atoms with van der Waals surface area (Å²) in [5, 5.41) is 11.3. The number of fused-ring (bicyclic) bond motifs is 1. The number of para-hydroxylation sites is 1. The van der Waals surface area contributed by atoms with E-state index in [-0.39, 0.29) is 16.3 Å². The predicted molar refractivity (Wildman–Crippen MR) is 140 cm³/mol. The number of amides is 1. The Balaban J connectivity index is 0.000000221. The topological polar surface area (TPSA) is 92.3 Å². The Labute approximate surface area is 212 Å². The summed E-state index contributed by atoms with van der Waals surface area (Å²) in [5.74, 6) is 1.30. The third kappa shape index (κ3) is 5.66. The zero-order valence-electron chi connectivity index (χ0n) is 19.0. The van der Waals surface area contributed by atoms with Crippen molar-refractivity contribution in [3.8, 4) is 17.1 Å². The summed E-state index contributed by atoms with van der Waals surface area (Å²) in [5.41, 5.74) is 7.36. The number of carbonyl (C=O) groups is 1. The second-order valence-electron chi connectivity index (χ2n) is 8.01. The third-order valence-electron chi connectivity index (χ3n) is 5.43. The molecule has 1 fully saturated rings. The van der Waals surface area contributed by atoms with Crippen molar-refractivity contribution in [1.29, 1.82) is 0 Å². The van der Waals surface area contributed by atoms with Crippen molar-refractivity contribution in [3.63, 3.8) is 0 Å². The fourth-order valence-corrected chi connectivity index (χ4v) is 5.02. The standard InChI is InChI=1S/C19H19N3OS.C7H5ClFNO/c1-13-8-9-14-16(12-13)20-18(15-6-2-3-7-17(15)23)21-19(14)22-10-4-5-11-24-22;8-4-2-1-3-5(9)6(4)7(10)11/h2-3,6-9,12,23H,4-5,10-11H2,1H3;1-3H,(H2,10,11). The van der Waals surface area contributed by atoms with Gasteiger partial charge < -0.3 is 10.8 Å². The van der Waals surface area contributed by atoms with E-state index in [1.54, 1.807) is 6.07 Å². The number of hydrogen-bond donors (Lipinski definition) is 2. The predicted octanol–water partition coefficient (Wildman–Crippen LogP) is 6.14. The number of hydrogen-bond acceptors (Lipinski definition) is 6. The number of aromatic nitrogens is 2. The maximum absolute atomic E-state index is 12.7. The van der Waals surface area contributed by atoms with E-state index in [0.717, 1.165) is 35.1 Å². The van der Waals surface area contributed by atoms with Crippen LogP contribution < -0.4 is 10.0 Å². The summed E-state index contributed by atoms with van der Waals surface area (Å²) in [6.07, 6.45) is 2.42. The highest BCUT2D eigenvalue weighted by atomic mass is 35.5. The van der Waals surface area contributed by atoms with Gasteiger partial charge in [0.1, 0.15) is 11.6 Å². The number of nitrogens with zero attached hydrogens (tertiary/aromatic N) is 3. The maximum atomic E-state index is 12.7. The highest BCUT2D eigenvalue weighted by Crippen LogP contribution is 2.35. The molecular weight excluding hydrogens is 487 g/mol. The molecule has 0 bridgehead atoms. The van der Waals surface area contributed by atoms with E-state index < -0.39 is 11.7 Å². The van der Waals surface area contributed by atoms with Gasteiger partial charge in [0, 0.05) is 17.7 Å². The van der Waals surface area contributed by atoms with Crippen molar-refractivity contribution in [2.24, 2.45) is 5.73 Å². The lowest BCUT2D eigenvalue weighted by Gasteiger charge is -2.27. The van der Waals surface area contributed by atoms with Crippen LogP contribution in [0.2, 0.25) is 5.02 Å². The number of phenolic OH excluding ortho intramolecular Hbond substituents is 1. The number of aryl methyl sites for hydroxylation is 1. The summed E-state index contributed by atoms with van der Waals surface area (Å²) in [4.78, 5) is 20.1. The van der Waals surface area contributed by atoms with Crippen LogP contribution in [0.5, 0.6) is 5.75 Å². The van der Waals surface area contributed by atoms with Crippen molar-refractivity contribution in [2.45, 2.75) is 19.8 Å². The molecule has 180 valence electrons. The summed E-state index contributed by atoms with van der Waals surface area (Å²) >= 11 is 7.31. The molecule has 1 saturated heterocycles. The van der Waals surface area contributed by atoms with Crippen LogP contribution in [0.3, 0.4) is 0 Å². The van der Waals surface area contributed by atoms with Gasteiger partial charge in [0.05, 0.1) is 21.7 Å². The molecule has 5 rings (SSSR count). The fourth-order valence-electron chi connectivity index (χ4n) is 3.69. The van der Waals surface area contributed by atoms with E-state index in [9.17, 15) is 14.3 Å². The Kier molecular flexibility index (Phi) is 7.73. The molecule has 0 radical (unpaired) electrons. The second kappa shape index (κ2) is 10.9. The molecule has 4 aromatic rings. The first-order valence-corrected chi connectivity index (χ1v) is 12.4. The zero-order chi connectivity index (χ0) is 24.9. The molecular formula is C26H24ClFN4O2S. The molecule has 1 aliphatic rings. The highest BCUT2D eigenvalue weighted by molar-refractivity contribution is 8.00. The number of phenols is 1. The molecule has 3 aromatic carbocycles. The van der Waals surface area contributed by atoms with Gasteiger partial charge in [-0.3, -0.25) is 9.10 Å². The number of carbonyl (C=O) groups excluding carboxylic acids is 1. The minimum Gasteiger partial charge on any atom is -0.507 e. The first-order chi connectivity index (χ1) is 16.8. The average Bonchev–Trinajstić information content (AvgIpc) is 2.84. The first kappa shape index (κ1) is 24.8. The van der Waals surface area contributed by atoms with Gasteiger partial charge >= 0.3 is 0 Å². The van der Waals surface area contributed by atoms with Gasteiger partial charge in [-0.2, -0.15) is 0 Å². The Morgan fingerprint density at radius 1 is 1.11 bits per heavy atom. The SMILES string of the molecule is Cc1ccc2c(N3CCCCS3)nc(-c3ccccc3O)nc2c1.NC(=O)c1c(F)cccc1Cl. The monoisotopic (exact) mass is 510 g/mol. The summed E-state index contributed by atoms with van der Waals surface area (Å²) in [6, 6.07) is 17.5. The van der Waals surface area contributed by atoms with Crippen molar-refractivity contribution in [3.05, 3.63) is 82.6 Å². The van der Waals surface area contributed by atoms with Gasteiger partial charge in [0.2, 0.25) is 0 Å². The molecule has 35 heavy (non-hydrogen) atoms. The summed E-state index contributed by atoms with van der Waals surface area (Å²) in [7, 11) is 0. The molecule has 3 N–H and O–H groups in total. The molecule has 2 heterocycles. The third-order valence-corrected chi connectivity index (χ3v) is 6.88. The molecule has 1 aromatic heterocycles. The molecule has 1 aliphatic heterocycles. The van der Waals surface area contributed by atoms with Crippen LogP contribution in [-0.2, 0) is 0 Å². The van der Waals surface area contributed by atoms with Crippen molar-refractivity contribution in [1.82, 2.24) is 9.97 Å². The zero-order valence-corrected chi connectivity index (χ0v) is 20.6. The van der Waals surface area contributed by atoms with Gasteiger partial charge in [-0.1, -0.05) is 35.9 Å². The minimum atomic E-state index is -0.854. The second-order valence-corrected chi connectivity index (χ2v) is 9.53. The molecule has 6 nitrogen and oxygen atoms in total. The molecule has 0 atom stereocenters. The van der Waals surface area contributed by atoms with E-state index in [1.165, 1.54) is 30.5 Å².